The van der Waals surface area contributed by atoms with E-state index in [0.29, 0.717) is 23.0 Å². The van der Waals surface area contributed by atoms with Crippen LogP contribution >= 0.6 is 0 Å². The molecule has 1 aliphatic rings. The number of benzene rings is 2. The van der Waals surface area contributed by atoms with E-state index >= 15 is 0 Å². The molecular weight excluding hydrogens is 454 g/mol. The van der Waals surface area contributed by atoms with Crippen molar-refractivity contribution >= 4 is 33.2 Å². The third kappa shape index (κ3) is 5.51. The molecule has 4 rings (SSSR count). The molecule has 0 spiro atoms. The van der Waals surface area contributed by atoms with Crippen LogP contribution in [0.15, 0.2) is 53.4 Å². The molecule has 0 aliphatic carbocycles. The first-order valence-electron chi connectivity index (χ1n) is 11.1. The van der Waals surface area contributed by atoms with Gasteiger partial charge in [0.1, 0.15) is 5.82 Å². The first-order valence-corrected chi connectivity index (χ1v) is 12.6. The van der Waals surface area contributed by atoms with E-state index in [2.05, 4.69) is 24.9 Å². The van der Waals surface area contributed by atoms with E-state index < -0.39 is 10.0 Å². The van der Waals surface area contributed by atoms with Crippen molar-refractivity contribution in [1.82, 2.24) is 9.97 Å². The summed E-state index contributed by atoms with van der Waals surface area (Å²) in [6, 6.07) is 13.3. The van der Waals surface area contributed by atoms with Gasteiger partial charge in [-0.3, -0.25) is 4.72 Å². The van der Waals surface area contributed by atoms with Crippen LogP contribution in [0.3, 0.4) is 0 Å². The number of anilines is 4. The van der Waals surface area contributed by atoms with E-state index in [-0.39, 0.29) is 4.90 Å². The fourth-order valence-corrected chi connectivity index (χ4v) is 4.89. The lowest BCUT2D eigenvalue weighted by Crippen LogP contribution is -2.31. The second-order valence-electron chi connectivity index (χ2n) is 8.07. The van der Waals surface area contributed by atoms with Crippen LogP contribution in [0.4, 0.5) is 23.1 Å². The molecule has 1 fully saturated rings. The van der Waals surface area contributed by atoms with Gasteiger partial charge in [-0.05, 0) is 62.6 Å². The zero-order valence-electron chi connectivity index (χ0n) is 19.5. The van der Waals surface area contributed by atoms with E-state index in [1.165, 1.54) is 32.8 Å². The van der Waals surface area contributed by atoms with Crippen LogP contribution in [0, 0.1) is 6.92 Å². The number of aromatic nitrogens is 2. The highest BCUT2D eigenvalue weighted by molar-refractivity contribution is 7.92. The van der Waals surface area contributed by atoms with Crippen LogP contribution in [0.1, 0.15) is 25.0 Å². The zero-order chi connectivity index (χ0) is 24.1. The van der Waals surface area contributed by atoms with Gasteiger partial charge in [0.15, 0.2) is 11.5 Å². The summed E-state index contributed by atoms with van der Waals surface area (Å²) in [7, 11) is -0.841. The van der Waals surface area contributed by atoms with Crippen LogP contribution in [-0.4, -0.2) is 45.7 Å². The summed E-state index contributed by atoms with van der Waals surface area (Å²) in [5.41, 5.74) is 2.11. The van der Waals surface area contributed by atoms with Gasteiger partial charge >= 0.3 is 0 Å². The number of sulfonamides is 1. The molecule has 0 radical (unpaired) electrons. The third-order valence-electron chi connectivity index (χ3n) is 5.56. The number of ether oxygens (including phenoxy) is 2. The summed E-state index contributed by atoms with van der Waals surface area (Å²) in [4.78, 5) is 11.6. The minimum absolute atomic E-state index is 0.0778. The van der Waals surface area contributed by atoms with Gasteiger partial charge in [0.2, 0.25) is 5.95 Å². The second-order valence-corrected chi connectivity index (χ2v) is 9.75. The Labute approximate surface area is 200 Å². The average Bonchev–Trinajstić information content (AvgIpc) is 2.85. The molecule has 180 valence electrons. The maximum Gasteiger partial charge on any atom is 0.262 e. The van der Waals surface area contributed by atoms with Gasteiger partial charge < -0.3 is 19.7 Å². The Morgan fingerprint density at radius 1 is 0.853 bits per heavy atom. The summed E-state index contributed by atoms with van der Waals surface area (Å²) in [6.45, 7) is 3.89. The molecule has 9 nitrogen and oxygen atoms in total. The van der Waals surface area contributed by atoms with Gasteiger partial charge in [-0.2, -0.15) is 4.98 Å². The SMILES string of the molecule is COc1ccc(S(=O)(=O)Nc2ccc(Nc3cc(C)nc(N4CCCCC4)n3)cc2)cc1OC. The molecule has 0 bridgehead atoms. The van der Waals surface area contributed by atoms with Gasteiger partial charge in [0.25, 0.3) is 10.0 Å². The summed E-state index contributed by atoms with van der Waals surface area (Å²) < 4.78 is 38.6. The maximum absolute atomic E-state index is 12.8. The van der Waals surface area contributed by atoms with E-state index in [1.54, 1.807) is 30.3 Å². The van der Waals surface area contributed by atoms with Gasteiger partial charge in [-0.25, -0.2) is 13.4 Å². The van der Waals surface area contributed by atoms with Crippen LogP contribution in [0.5, 0.6) is 11.5 Å². The van der Waals surface area contributed by atoms with Crippen LogP contribution in [-0.2, 0) is 10.0 Å². The van der Waals surface area contributed by atoms with Gasteiger partial charge in [-0.15, -0.1) is 0 Å². The third-order valence-corrected chi connectivity index (χ3v) is 6.94. The van der Waals surface area contributed by atoms with Crippen molar-refractivity contribution < 1.29 is 17.9 Å². The standard InChI is InChI=1S/C24H29N5O4S/c1-17-15-23(27-24(25-17)29-13-5-4-6-14-29)26-18-7-9-19(10-8-18)28-34(30,31)20-11-12-21(32-2)22(16-20)33-3/h7-12,15-16,28H,4-6,13-14H2,1-3H3,(H,25,26,27). The summed E-state index contributed by atoms with van der Waals surface area (Å²) in [5, 5.41) is 3.29. The number of methoxy groups -OCH3 is 2. The van der Waals surface area contributed by atoms with Crippen molar-refractivity contribution in [2.75, 3.05) is 42.2 Å². The maximum atomic E-state index is 12.8. The Hall–Kier alpha value is -3.53. The van der Waals surface area contributed by atoms with E-state index in [9.17, 15) is 8.42 Å². The molecule has 1 saturated heterocycles. The van der Waals surface area contributed by atoms with Crippen LogP contribution in [0.25, 0.3) is 0 Å². The molecule has 2 aromatic carbocycles. The monoisotopic (exact) mass is 483 g/mol. The largest absolute Gasteiger partial charge is 0.493 e. The summed E-state index contributed by atoms with van der Waals surface area (Å²) >= 11 is 0. The molecule has 3 aromatic rings. The zero-order valence-corrected chi connectivity index (χ0v) is 20.4. The fourth-order valence-electron chi connectivity index (χ4n) is 3.82. The molecule has 0 unspecified atom stereocenters. The van der Waals surface area contributed by atoms with E-state index in [1.807, 2.05) is 13.0 Å². The van der Waals surface area contributed by atoms with Gasteiger partial charge in [0.05, 0.1) is 19.1 Å². The highest BCUT2D eigenvalue weighted by Gasteiger charge is 2.18. The van der Waals surface area contributed by atoms with Crippen molar-refractivity contribution in [2.24, 2.45) is 0 Å². The first-order chi connectivity index (χ1) is 16.4. The van der Waals surface area contributed by atoms with E-state index in [4.69, 9.17) is 9.47 Å². The minimum Gasteiger partial charge on any atom is -0.493 e. The summed E-state index contributed by atoms with van der Waals surface area (Å²) in [6.07, 6.45) is 3.55. The molecule has 0 amide bonds. The topological polar surface area (TPSA) is 106 Å². The predicted molar refractivity (Wildman–Crippen MR) is 133 cm³/mol. The van der Waals surface area contributed by atoms with Crippen LogP contribution < -0.4 is 24.4 Å². The van der Waals surface area contributed by atoms with Crippen molar-refractivity contribution in [3.63, 3.8) is 0 Å². The number of piperidine rings is 1. The number of hydrogen-bond donors (Lipinski definition) is 2. The lowest BCUT2D eigenvalue weighted by atomic mass is 10.1. The Morgan fingerprint density at radius 3 is 2.21 bits per heavy atom. The first kappa shape index (κ1) is 23.6. The average molecular weight is 484 g/mol. The van der Waals surface area contributed by atoms with E-state index in [0.717, 1.165) is 43.3 Å². The molecule has 0 atom stereocenters. The lowest BCUT2D eigenvalue weighted by molar-refractivity contribution is 0.354. The quantitative estimate of drug-likeness (QED) is 0.488. The van der Waals surface area contributed by atoms with Crippen molar-refractivity contribution in [3.8, 4) is 11.5 Å². The minimum atomic E-state index is -3.80. The van der Waals surface area contributed by atoms with Gasteiger partial charge in [-0.1, -0.05) is 0 Å². The second kappa shape index (κ2) is 10.2. The summed E-state index contributed by atoms with van der Waals surface area (Å²) in [5.74, 6) is 2.24. The van der Waals surface area contributed by atoms with Gasteiger partial charge in [0, 0.05) is 42.3 Å². The van der Waals surface area contributed by atoms with Crippen LogP contribution in [0.2, 0.25) is 0 Å². The lowest BCUT2D eigenvalue weighted by Gasteiger charge is -2.27. The fraction of sp³-hybridized carbons (Fsp3) is 0.333. The Morgan fingerprint density at radius 2 is 1.53 bits per heavy atom. The Balaban J connectivity index is 1.47. The Bertz CT molecular complexity index is 1240. The normalized spacial score (nSPS) is 13.9. The molecule has 2 N–H and O–H groups in total. The Kier molecular flexibility index (Phi) is 7.06. The molecular formula is C24H29N5O4S. The highest BCUT2D eigenvalue weighted by atomic mass is 32.2. The molecule has 10 heteroatoms. The van der Waals surface area contributed by atoms with Crippen molar-refractivity contribution in [1.29, 1.82) is 0 Å². The smallest absolute Gasteiger partial charge is 0.262 e. The van der Waals surface area contributed by atoms with Crippen molar-refractivity contribution in [2.45, 2.75) is 31.1 Å². The number of nitrogens with one attached hydrogen (secondary N) is 2. The molecule has 1 aliphatic heterocycles. The molecule has 1 aromatic heterocycles. The highest BCUT2D eigenvalue weighted by Crippen LogP contribution is 2.30. The number of hydrogen-bond acceptors (Lipinski definition) is 8. The number of rotatable bonds is 8. The van der Waals surface area contributed by atoms with Crippen molar-refractivity contribution in [3.05, 3.63) is 54.2 Å². The predicted octanol–water partition coefficient (Wildman–Crippen LogP) is 4.34. The number of aryl methyl sites for hydroxylation is 1. The molecule has 34 heavy (non-hydrogen) atoms. The molecule has 2 heterocycles. The number of nitrogens with zero attached hydrogens (tertiary/aromatic N) is 3. The molecule has 0 saturated carbocycles.